The van der Waals surface area contributed by atoms with Crippen LogP contribution in [0.1, 0.15) is 38.5 Å². The van der Waals surface area contributed by atoms with Crippen LogP contribution < -0.4 is 0 Å². The summed E-state index contributed by atoms with van der Waals surface area (Å²) in [5.74, 6) is -3.60. The normalized spacial score (nSPS) is 20.7. The van der Waals surface area contributed by atoms with Crippen molar-refractivity contribution < 1.29 is 28.8 Å². The maximum Gasteiger partial charge on any atom is 0.147 e. The van der Waals surface area contributed by atoms with Crippen LogP contribution in [0.5, 0.6) is 0 Å². The number of hydrogen-bond acceptors (Lipinski definition) is 6. The summed E-state index contributed by atoms with van der Waals surface area (Å²) in [4.78, 5) is 67.6. The predicted octanol–water partition coefficient (Wildman–Crippen LogP) is -0.245. The van der Waals surface area contributed by atoms with Crippen molar-refractivity contribution in [2.45, 2.75) is 38.5 Å². The van der Waals surface area contributed by atoms with Crippen molar-refractivity contribution in [3.63, 3.8) is 0 Å². The van der Waals surface area contributed by atoms with E-state index >= 15 is 0 Å². The smallest absolute Gasteiger partial charge is 0.147 e. The standard InChI is InChI=1S/C12H12O6/c13-7-1-8(14)3-10(16)5-12(18)6-11(17)4-9(15)2-7/h1-6H2. The van der Waals surface area contributed by atoms with Gasteiger partial charge in [-0.25, -0.2) is 0 Å². The van der Waals surface area contributed by atoms with Crippen LogP contribution in [0.3, 0.4) is 0 Å². The zero-order valence-electron chi connectivity index (χ0n) is 9.69. The molecule has 1 fully saturated rings. The van der Waals surface area contributed by atoms with Crippen molar-refractivity contribution in [2.24, 2.45) is 0 Å². The first kappa shape index (κ1) is 14.1. The second-order valence-corrected chi connectivity index (χ2v) is 4.29. The Kier molecular flexibility index (Phi) is 4.76. The molecule has 0 aromatic heterocycles. The monoisotopic (exact) mass is 252 g/mol. The van der Waals surface area contributed by atoms with Crippen LogP contribution in [0.25, 0.3) is 0 Å². The van der Waals surface area contributed by atoms with Crippen LogP contribution in [-0.4, -0.2) is 34.7 Å². The molecule has 18 heavy (non-hydrogen) atoms. The molecule has 1 saturated carbocycles. The molecule has 1 rings (SSSR count). The van der Waals surface area contributed by atoms with E-state index in [4.69, 9.17) is 0 Å². The Morgan fingerprint density at radius 2 is 0.444 bits per heavy atom. The molecule has 0 unspecified atom stereocenters. The van der Waals surface area contributed by atoms with E-state index in [0.29, 0.717) is 0 Å². The van der Waals surface area contributed by atoms with E-state index in [-0.39, 0.29) is 0 Å². The molecule has 96 valence electrons. The maximum atomic E-state index is 11.3. The summed E-state index contributed by atoms with van der Waals surface area (Å²) in [7, 11) is 0. The molecule has 6 heteroatoms. The first-order chi connectivity index (χ1) is 8.36. The van der Waals surface area contributed by atoms with E-state index in [1.54, 1.807) is 0 Å². The topological polar surface area (TPSA) is 102 Å². The minimum atomic E-state index is -0.600. The molecule has 0 aromatic carbocycles. The minimum Gasteiger partial charge on any atom is -0.299 e. The highest BCUT2D eigenvalue weighted by Crippen LogP contribution is 2.06. The van der Waals surface area contributed by atoms with Gasteiger partial charge in [-0.3, -0.25) is 28.8 Å². The van der Waals surface area contributed by atoms with E-state index in [2.05, 4.69) is 0 Å². The molecule has 0 bridgehead atoms. The van der Waals surface area contributed by atoms with Crippen LogP contribution in [0.2, 0.25) is 0 Å². The third-order valence-electron chi connectivity index (χ3n) is 2.37. The molecule has 0 spiro atoms. The third kappa shape index (κ3) is 4.90. The van der Waals surface area contributed by atoms with Gasteiger partial charge in [0.1, 0.15) is 34.7 Å². The van der Waals surface area contributed by atoms with E-state index in [1.807, 2.05) is 0 Å². The number of hydrogen-bond donors (Lipinski definition) is 0. The van der Waals surface area contributed by atoms with E-state index in [9.17, 15) is 28.8 Å². The maximum absolute atomic E-state index is 11.3. The van der Waals surface area contributed by atoms with Crippen molar-refractivity contribution in [2.75, 3.05) is 0 Å². The van der Waals surface area contributed by atoms with Crippen molar-refractivity contribution >= 4 is 34.7 Å². The van der Waals surface area contributed by atoms with Gasteiger partial charge in [0.25, 0.3) is 0 Å². The molecular weight excluding hydrogens is 240 g/mol. The molecular formula is C12H12O6. The van der Waals surface area contributed by atoms with Gasteiger partial charge in [0.05, 0.1) is 38.5 Å². The van der Waals surface area contributed by atoms with Crippen molar-refractivity contribution in [3.8, 4) is 0 Å². The number of rotatable bonds is 0. The van der Waals surface area contributed by atoms with Gasteiger partial charge >= 0.3 is 0 Å². The van der Waals surface area contributed by atoms with Gasteiger partial charge < -0.3 is 0 Å². The summed E-state index contributed by atoms with van der Waals surface area (Å²) in [6.45, 7) is 0. The number of carbonyl (C=O) groups is 6. The van der Waals surface area contributed by atoms with Crippen LogP contribution in [-0.2, 0) is 28.8 Å². The minimum absolute atomic E-state index is 0.500. The lowest BCUT2D eigenvalue weighted by Crippen LogP contribution is -2.21. The van der Waals surface area contributed by atoms with Crippen LogP contribution in [0.15, 0.2) is 0 Å². The molecule has 0 amide bonds. The molecule has 0 heterocycles. The molecule has 0 saturated heterocycles. The quantitative estimate of drug-likeness (QED) is 0.551. The predicted molar refractivity (Wildman–Crippen MR) is 57.7 cm³/mol. The lowest BCUT2D eigenvalue weighted by atomic mass is 9.97. The fourth-order valence-corrected chi connectivity index (χ4v) is 1.69. The fraction of sp³-hybridized carbons (Fsp3) is 0.500. The first-order valence-corrected chi connectivity index (χ1v) is 5.47. The highest BCUT2D eigenvalue weighted by Gasteiger charge is 2.22. The van der Waals surface area contributed by atoms with Crippen LogP contribution in [0, 0.1) is 0 Å². The lowest BCUT2D eigenvalue weighted by Gasteiger charge is -2.04. The zero-order chi connectivity index (χ0) is 13.7. The van der Waals surface area contributed by atoms with Gasteiger partial charge in [-0.05, 0) is 0 Å². The molecule has 0 aliphatic heterocycles. The SMILES string of the molecule is O=C1CC(=O)CC(=O)CC(=O)CC(=O)CC(=O)C1. The van der Waals surface area contributed by atoms with Gasteiger partial charge in [-0.2, -0.15) is 0 Å². The summed E-state index contributed by atoms with van der Waals surface area (Å²) < 4.78 is 0. The van der Waals surface area contributed by atoms with E-state index in [1.165, 1.54) is 0 Å². The summed E-state index contributed by atoms with van der Waals surface area (Å²) in [5.41, 5.74) is 0. The van der Waals surface area contributed by atoms with Crippen LogP contribution >= 0.6 is 0 Å². The van der Waals surface area contributed by atoms with E-state index in [0.717, 1.165) is 0 Å². The Morgan fingerprint density at radius 1 is 0.333 bits per heavy atom. The molecule has 6 nitrogen and oxygen atoms in total. The van der Waals surface area contributed by atoms with Crippen LogP contribution in [0.4, 0.5) is 0 Å². The fourth-order valence-electron chi connectivity index (χ4n) is 1.69. The number of ketones is 6. The lowest BCUT2D eigenvalue weighted by molar-refractivity contribution is -0.133. The number of Topliss-reactive ketones (excluding diaryl/α,β-unsaturated/α-hetero) is 6. The van der Waals surface area contributed by atoms with Crippen molar-refractivity contribution in [1.82, 2.24) is 0 Å². The molecule has 0 radical (unpaired) electrons. The Balaban J connectivity index is 2.78. The largest absolute Gasteiger partial charge is 0.299 e. The van der Waals surface area contributed by atoms with Gasteiger partial charge in [0, 0.05) is 0 Å². The molecule has 1 aliphatic rings. The van der Waals surface area contributed by atoms with Gasteiger partial charge in [0.15, 0.2) is 0 Å². The second kappa shape index (κ2) is 6.09. The highest BCUT2D eigenvalue weighted by molar-refractivity contribution is 6.19. The Morgan fingerprint density at radius 3 is 0.556 bits per heavy atom. The van der Waals surface area contributed by atoms with E-state index < -0.39 is 73.2 Å². The first-order valence-electron chi connectivity index (χ1n) is 5.47. The van der Waals surface area contributed by atoms with Gasteiger partial charge in [-0.15, -0.1) is 0 Å². The van der Waals surface area contributed by atoms with Gasteiger partial charge in [0.2, 0.25) is 0 Å². The Labute approximate surface area is 103 Å². The summed E-state index contributed by atoms with van der Waals surface area (Å²) in [6.07, 6.45) is -3.00. The zero-order valence-corrected chi connectivity index (χ0v) is 9.69. The average molecular weight is 252 g/mol. The molecule has 0 atom stereocenters. The molecule has 1 aliphatic carbocycles. The van der Waals surface area contributed by atoms with Crippen molar-refractivity contribution in [1.29, 1.82) is 0 Å². The highest BCUT2D eigenvalue weighted by atomic mass is 16.2. The summed E-state index contributed by atoms with van der Waals surface area (Å²) >= 11 is 0. The molecule has 0 aromatic rings. The average Bonchev–Trinajstić information content (AvgIpc) is 2.12. The second-order valence-electron chi connectivity index (χ2n) is 4.29. The summed E-state index contributed by atoms with van der Waals surface area (Å²) in [6, 6.07) is 0. The van der Waals surface area contributed by atoms with Crippen molar-refractivity contribution in [3.05, 3.63) is 0 Å². The summed E-state index contributed by atoms with van der Waals surface area (Å²) in [5, 5.41) is 0. The Hall–Kier alpha value is -1.98. The Bertz CT molecular complexity index is 313. The number of carbonyl (C=O) groups excluding carboxylic acids is 6. The third-order valence-corrected chi connectivity index (χ3v) is 2.37. The molecule has 0 N–H and O–H groups in total. The van der Waals surface area contributed by atoms with Gasteiger partial charge in [-0.1, -0.05) is 0 Å².